The largest absolute Gasteiger partial charge is 0.444 e. The fourth-order valence-corrected chi connectivity index (χ4v) is 5.72. The molecule has 4 heterocycles. The number of carbonyl (C=O) groups is 2. The smallest absolute Gasteiger partial charge is 0.410 e. The molecule has 3 aliphatic heterocycles. The number of hydrogen-bond donors (Lipinski definition) is 2. The zero-order valence-electron chi connectivity index (χ0n) is 24.9. The van der Waals surface area contributed by atoms with E-state index in [9.17, 15) is 9.59 Å². The number of likely N-dealkylation sites (tertiary alicyclic amines) is 1. The molecule has 2 saturated heterocycles. The molecule has 2 N–H and O–H groups in total. The first kappa shape index (κ1) is 29.1. The predicted octanol–water partition coefficient (Wildman–Crippen LogP) is 3.88. The van der Waals surface area contributed by atoms with Crippen LogP contribution in [0.1, 0.15) is 52.3 Å². The van der Waals surface area contributed by atoms with Gasteiger partial charge in [0.25, 0.3) is 0 Å². The Kier molecular flexibility index (Phi) is 8.65. The van der Waals surface area contributed by atoms with Crippen LogP contribution in [0.3, 0.4) is 0 Å². The topological polar surface area (TPSA) is 112 Å². The maximum absolute atomic E-state index is 12.7. The normalized spacial score (nSPS) is 21.4. The van der Waals surface area contributed by atoms with E-state index >= 15 is 0 Å². The third kappa shape index (κ3) is 6.90. The lowest BCUT2D eigenvalue weighted by molar-refractivity contribution is 0.0277. The maximum Gasteiger partial charge on any atom is 0.410 e. The van der Waals surface area contributed by atoms with Gasteiger partial charge in [-0.05, 0) is 71.7 Å². The molecule has 3 aliphatic rings. The van der Waals surface area contributed by atoms with Crippen LogP contribution >= 0.6 is 0 Å². The van der Waals surface area contributed by atoms with Crippen LogP contribution in [-0.2, 0) is 22.4 Å². The Balaban J connectivity index is 1.39. The number of morpholine rings is 1. The number of aromatic nitrogens is 2. The van der Waals surface area contributed by atoms with E-state index in [2.05, 4.69) is 27.4 Å². The zero-order valence-corrected chi connectivity index (χ0v) is 24.9. The van der Waals surface area contributed by atoms with E-state index < -0.39 is 5.60 Å². The van der Waals surface area contributed by atoms with Gasteiger partial charge < -0.3 is 29.9 Å². The van der Waals surface area contributed by atoms with Crippen molar-refractivity contribution < 1.29 is 19.1 Å². The number of rotatable bonds is 5. The van der Waals surface area contributed by atoms with Crippen LogP contribution in [0.25, 0.3) is 11.4 Å². The molecule has 11 heteroatoms. The second kappa shape index (κ2) is 12.2. The third-order valence-electron chi connectivity index (χ3n) is 7.78. The van der Waals surface area contributed by atoms with E-state index in [0.29, 0.717) is 50.9 Å². The van der Waals surface area contributed by atoms with Crippen LogP contribution < -0.4 is 15.5 Å². The number of benzene rings is 1. The standard InChI is InChI=1S/C30H43N7O4/c1-6-31-28(38)32-22-9-7-21(8-10-22)26-33-25-18-35(23-11-13-36(17-23)29(39)41-30(3,4)5)14-12-24(25)27(34-26)37-15-16-40-19-20(37)2/h7-10,20,23H,6,11-19H2,1-5H3,(H2,31,32,38). The number of ether oxygens (including phenoxy) is 2. The summed E-state index contributed by atoms with van der Waals surface area (Å²) in [6.07, 6.45) is 1.53. The number of nitrogens with zero attached hydrogens (tertiary/aromatic N) is 5. The molecule has 11 nitrogen and oxygen atoms in total. The number of amides is 3. The number of hydrogen-bond acceptors (Lipinski definition) is 8. The molecule has 0 saturated carbocycles. The maximum atomic E-state index is 12.7. The molecule has 0 aliphatic carbocycles. The van der Waals surface area contributed by atoms with Crippen molar-refractivity contribution in [2.45, 2.75) is 71.7 Å². The molecule has 1 aromatic carbocycles. The first-order valence-corrected chi connectivity index (χ1v) is 14.7. The van der Waals surface area contributed by atoms with Gasteiger partial charge in [0.05, 0.1) is 24.9 Å². The summed E-state index contributed by atoms with van der Waals surface area (Å²) in [4.78, 5) is 41.5. The monoisotopic (exact) mass is 565 g/mol. The Bertz CT molecular complexity index is 1250. The summed E-state index contributed by atoms with van der Waals surface area (Å²) in [5.41, 5.74) is 3.34. The van der Waals surface area contributed by atoms with Crippen LogP contribution in [0.15, 0.2) is 24.3 Å². The summed E-state index contributed by atoms with van der Waals surface area (Å²) in [5, 5.41) is 5.59. The highest BCUT2D eigenvalue weighted by Gasteiger charge is 2.36. The molecule has 41 heavy (non-hydrogen) atoms. The van der Waals surface area contributed by atoms with Crippen molar-refractivity contribution in [3.8, 4) is 11.4 Å². The first-order chi connectivity index (χ1) is 19.6. The summed E-state index contributed by atoms with van der Waals surface area (Å²) in [5.74, 6) is 1.66. The molecule has 2 atom stereocenters. The fraction of sp³-hybridized carbons (Fsp3) is 0.600. The highest BCUT2D eigenvalue weighted by Crippen LogP contribution is 2.33. The van der Waals surface area contributed by atoms with Crippen molar-refractivity contribution in [3.05, 3.63) is 35.5 Å². The van der Waals surface area contributed by atoms with Crippen LogP contribution in [-0.4, -0.2) is 95.5 Å². The van der Waals surface area contributed by atoms with Crippen molar-refractivity contribution in [2.75, 3.05) is 56.2 Å². The molecule has 2 aromatic rings. The second-order valence-electron chi connectivity index (χ2n) is 12.1. The van der Waals surface area contributed by atoms with Gasteiger partial charge in [0, 0.05) is 62.1 Å². The summed E-state index contributed by atoms with van der Waals surface area (Å²) < 4.78 is 11.3. The Morgan fingerprint density at radius 1 is 1.12 bits per heavy atom. The molecule has 222 valence electrons. The summed E-state index contributed by atoms with van der Waals surface area (Å²) in [6, 6.07) is 7.90. The van der Waals surface area contributed by atoms with Crippen LogP contribution in [0, 0.1) is 0 Å². The van der Waals surface area contributed by atoms with Crippen molar-refractivity contribution in [3.63, 3.8) is 0 Å². The summed E-state index contributed by atoms with van der Waals surface area (Å²) in [7, 11) is 0. The van der Waals surface area contributed by atoms with Crippen LogP contribution in [0.5, 0.6) is 0 Å². The van der Waals surface area contributed by atoms with E-state index in [1.165, 1.54) is 5.56 Å². The minimum absolute atomic E-state index is 0.217. The Labute approximate surface area is 242 Å². The molecule has 2 unspecified atom stereocenters. The number of urea groups is 1. The van der Waals surface area contributed by atoms with Crippen molar-refractivity contribution in [1.82, 2.24) is 25.1 Å². The van der Waals surface area contributed by atoms with E-state index in [4.69, 9.17) is 19.4 Å². The van der Waals surface area contributed by atoms with Gasteiger partial charge in [0.2, 0.25) is 0 Å². The van der Waals surface area contributed by atoms with Gasteiger partial charge in [-0.2, -0.15) is 0 Å². The minimum atomic E-state index is -0.504. The molecular formula is C30H43N7O4. The second-order valence-corrected chi connectivity index (χ2v) is 12.1. The Morgan fingerprint density at radius 3 is 2.61 bits per heavy atom. The van der Waals surface area contributed by atoms with Gasteiger partial charge in [-0.15, -0.1) is 0 Å². The average molecular weight is 566 g/mol. The molecule has 0 spiro atoms. The zero-order chi connectivity index (χ0) is 29.1. The number of carbonyl (C=O) groups excluding carboxylic acids is 2. The van der Waals surface area contributed by atoms with Crippen molar-refractivity contribution >= 4 is 23.6 Å². The van der Waals surface area contributed by atoms with Crippen LogP contribution in [0.4, 0.5) is 21.1 Å². The lowest BCUT2D eigenvalue weighted by Crippen LogP contribution is -2.46. The SMILES string of the molecule is CCNC(=O)Nc1ccc(-c2nc3c(c(N4CCOCC4C)n2)CCN(C2CCN(C(=O)OC(C)(C)C)C2)C3)cc1. The molecule has 1 aromatic heterocycles. The van der Waals surface area contributed by atoms with Gasteiger partial charge in [0.15, 0.2) is 5.82 Å². The van der Waals surface area contributed by atoms with Gasteiger partial charge in [0.1, 0.15) is 11.4 Å². The van der Waals surface area contributed by atoms with Gasteiger partial charge in [-0.25, -0.2) is 19.6 Å². The van der Waals surface area contributed by atoms with E-state index in [-0.39, 0.29) is 24.2 Å². The molecule has 0 bridgehead atoms. The first-order valence-electron chi connectivity index (χ1n) is 14.7. The third-order valence-corrected chi connectivity index (χ3v) is 7.78. The lowest BCUT2D eigenvalue weighted by Gasteiger charge is -2.39. The number of nitrogens with one attached hydrogen (secondary N) is 2. The van der Waals surface area contributed by atoms with Crippen molar-refractivity contribution in [2.24, 2.45) is 0 Å². The highest BCUT2D eigenvalue weighted by molar-refractivity contribution is 5.89. The molecule has 5 rings (SSSR count). The van der Waals surface area contributed by atoms with E-state index in [0.717, 1.165) is 43.0 Å². The van der Waals surface area contributed by atoms with Gasteiger partial charge >= 0.3 is 12.1 Å². The molecule has 0 radical (unpaired) electrons. The number of fused-ring (bicyclic) bond motifs is 1. The van der Waals surface area contributed by atoms with Gasteiger partial charge in [-0.3, -0.25) is 4.90 Å². The number of anilines is 2. The molecular weight excluding hydrogens is 522 g/mol. The lowest BCUT2D eigenvalue weighted by atomic mass is 10.0. The van der Waals surface area contributed by atoms with E-state index in [1.54, 1.807) is 0 Å². The Morgan fingerprint density at radius 2 is 1.90 bits per heavy atom. The fourth-order valence-electron chi connectivity index (χ4n) is 5.72. The van der Waals surface area contributed by atoms with Crippen molar-refractivity contribution in [1.29, 1.82) is 0 Å². The highest BCUT2D eigenvalue weighted by atomic mass is 16.6. The van der Waals surface area contributed by atoms with Crippen LogP contribution in [0.2, 0.25) is 0 Å². The van der Waals surface area contributed by atoms with Gasteiger partial charge in [-0.1, -0.05) is 0 Å². The van der Waals surface area contributed by atoms with E-state index in [1.807, 2.05) is 56.9 Å². The summed E-state index contributed by atoms with van der Waals surface area (Å²) in [6.45, 7) is 15.4. The molecule has 2 fully saturated rings. The summed E-state index contributed by atoms with van der Waals surface area (Å²) >= 11 is 0. The quantitative estimate of drug-likeness (QED) is 0.562. The minimum Gasteiger partial charge on any atom is -0.444 e. The predicted molar refractivity (Wildman–Crippen MR) is 158 cm³/mol. The molecule has 3 amide bonds. The Hall–Kier alpha value is -3.44. The average Bonchev–Trinajstić information content (AvgIpc) is 3.43.